The molecule has 3 rings (SSSR count). The van der Waals surface area contributed by atoms with Gasteiger partial charge in [0.25, 0.3) is 0 Å². The maximum absolute atomic E-state index is 5.43. The fraction of sp³-hybridized carbons (Fsp3) is 0.118. The first-order valence-electron chi connectivity index (χ1n) is 6.40. The van der Waals surface area contributed by atoms with E-state index in [1.807, 2.05) is 42.5 Å². The molecular weight excluding hydrogens is 250 g/mol. The van der Waals surface area contributed by atoms with E-state index in [0.29, 0.717) is 0 Å². The molecule has 0 aliphatic heterocycles. The molecule has 0 aliphatic rings. The number of ether oxygens (including phenoxy) is 2. The molecule has 1 heterocycles. The SMILES string of the molecule is COc1ccc(-c2ccc3ccccc3n2)c(OC)c1. The summed E-state index contributed by atoms with van der Waals surface area (Å²) in [5.74, 6) is 1.53. The van der Waals surface area contributed by atoms with Crippen molar-refractivity contribution >= 4 is 10.9 Å². The molecule has 2 aromatic carbocycles. The van der Waals surface area contributed by atoms with Gasteiger partial charge in [-0.2, -0.15) is 0 Å². The normalized spacial score (nSPS) is 10.5. The van der Waals surface area contributed by atoms with Crippen molar-refractivity contribution in [2.24, 2.45) is 0 Å². The molecule has 3 aromatic rings. The maximum atomic E-state index is 5.43. The third kappa shape index (κ3) is 2.18. The van der Waals surface area contributed by atoms with Gasteiger partial charge in [-0.15, -0.1) is 0 Å². The highest BCUT2D eigenvalue weighted by Crippen LogP contribution is 2.32. The Balaban J connectivity index is 2.14. The van der Waals surface area contributed by atoms with Crippen LogP contribution in [0.5, 0.6) is 11.5 Å². The van der Waals surface area contributed by atoms with E-state index in [9.17, 15) is 0 Å². The number of hydrogen-bond donors (Lipinski definition) is 0. The first kappa shape index (κ1) is 12.5. The molecule has 20 heavy (non-hydrogen) atoms. The third-order valence-electron chi connectivity index (χ3n) is 3.28. The summed E-state index contributed by atoms with van der Waals surface area (Å²) in [4.78, 5) is 4.69. The number of nitrogens with zero attached hydrogens (tertiary/aromatic N) is 1. The van der Waals surface area contributed by atoms with Crippen molar-refractivity contribution in [3.05, 3.63) is 54.6 Å². The summed E-state index contributed by atoms with van der Waals surface area (Å²) in [5.41, 5.74) is 2.82. The van der Waals surface area contributed by atoms with Crippen LogP contribution in [0.15, 0.2) is 54.6 Å². The van der Waals surface area contributed by atoms with Gasteiger partial charge in [0.2, 0.25) is 0 Å². The molecule has 0 saturated carbocycles. The Bertz CT molecular complexity index is 753. The fourth-order valence-electron chi connectivity index (χ4n) is 2.23. The van der Waals surface area contributed by atoms with Crippen molar-refractivity contribution in [1.29, 1.82) is 0 Å². The van der Waals surface area contributed by atoms with Gasteiger partial charge < -0.3 is 9.47 Å². The van der Waals surface area contributed by atoms with Crippen LogP contribution in [0.3, 0.4) is 0 Å². The summed E-state index contributed by atoms with van der Waals surface area (Å²) in [5, 5.41) is 1.13. The zero-order valence-electron chi connectivity index (χ0n) is 11.5. The van der Waals surface area contributed by atoms with Crippen LogP contribution in [0.1, 0.15) is 0 Å². The van der Waals surface area contributed by atoms with Gasteiger partial charge in [-0.25, -0.2) is 4.98 Å². The lowest BCUT2D eigenvalue weighted by atomic mass is 10.1. The predicted octanol–water partition coefficient (Wildman–Crippen LogP) is 3.92. The van der Waals surface area contributed by atoms with Gasteiger partial charge in [0.1, 0.15) is 11.5 Å². The summed E-state index contributed by atoms with van der Waals surface area (Å²) < 4.78 is 10.7. The summed E-state index contributed by atoms with van der Waals surface area (Å²) in [6, 6.07) is 17.9. The molecule has 0 amide bonds. The fourth-order valence-corrected chi connectivity index (χ4v) is 2.23. The minimum Gasteiger partial charge on any atom is -0.497 e. The second-order valence-electron chi connectivity index (χ2n) is 4.46. The van der Waals surface area contributed by atoms with Crippen molar-refractivity contribution in [3.63, 3.8) is 0 Å². The zero-order valence-corrected chi connectivity index (χ0v) is 11.5. The average Bonchev–Trinajstić information content (AvgIpc) is 2.53. The standard InChI is InChI=1S/C17H15NO2/c1-19-13-8-9-14(17(11-13)20-2)16-10-7-12-5-3-4-6-15(12)18-16/h3-11H,1-2H3. The number of methoxy groups -OCH3 is 2. The number of pyridine rings is 1. The highest BCUT2D eigenvalue weighted by Gasteiger charge is 2.09. The van der Waals surface area contributed by atoms with E-state index >= 15 is 0 Å². The van der Waals surface area contributed by atoms with Crippen molar-refractivity contribution < 1.29 is 9.47 Å². The summed E-state index contributed by atoms with van der Waals surface area (Å²) in [7, 11) is 3.29. The Kier molecular flexibility index (Phi) is 3.25. The molecule has 0 N–H and O–H groups in total. The molecule has 0 aliphatic carbocycles. The number of para-hydroxylation sites is 1. The second-order valence-corrected chi connectivity index (χ2v) is 4.46. The van der Waals surface area contributed by atoms with E-state index in [2.05, 4.69) is 17.1 Å². The first-order chi connectivity index (χ1) is 9.81. The lowest BCUT2D eigenvalue weighted by Gasteiger charge is -2.10. The monoisotopic (exact) mass is 265 g/mol. The highest BCUT2D eigenvalue weighted by molar-refractivity contribution is 5.82. The van der Waals surface area contributed by atoms with Crippen molar-refractivity contribution in [2.75, 3.05) is 14.2 Å². The van der Waals surface area contributed by atoms with Crippen LogP contribution in [0, 0.1) is 0 Å². The molecule has 0 saturated heterocycles. The van der Waals surface area contributed by atoms with Gasteiger partial charge >= 0.3 is 0 Å². The van der Waals surface area contributed by atoms with Crippen LogP contribution in [0.2, 0.25) is 0 Å². The lowest BCUT2D eigenvalue weighted by Crippen LogP contribution is -1.92. The Morgan fingerprint density at radius 1 is 0.850 bits per heavy atom. The number of fused-ring (bicyclic) bond motifs is 1. The Morgan fingerprint density at radius 2 is 1.70 bits per heavy atom. The van der Waals surface area contributed by atoms with Crippen LogP contribution >= 0.6 is 0 Å². The molecule has 100 valence electrons. The third-order valence-corrected chi connectivity index (χ3v) is 3.28. The number of aromatic nitrogens is 1. The van der Waals surface area contributed by atoms with Crippen molar-refractivity contribution in [3.8, 4) is 22.8 Å². The summed E-state index contributed by atoms with van der Waals surface area (Å²) in [6.07, 6.45) is 0. The largest absolute Gasteiger partial charge is 0.497 e. The van der Waals surface area contributed by atoms with Crippen LogP contribution in [0.25, 0.3) is 22.2 Å². The number of benzene rings is 2. The van der Waals surface area contributed by atoms with Gasteiger partial charge in [0.05, 0.1) is 25.4 Å². The molecule has 0 bridgehead atoms. The molecule has 3 heteroatoms. The van der Waals surface area contributed by atoms with Gasteiger partial charge in [-0.1, -0.05) is 24.3 Å². The van der Waals surface area contributed by atoms with Gasteiger partial charge in [0, 0.05) is 17.0 Å². The van der Waals surface area contributed by atoms with Crippen molar-refractivity contribution in [1.82, 2.24) is 4.98 Å². The molecule has 0 unspecified atom stereocenters. The Hall–Kier alpha value is -2.55. The van der Waals surface area contributed by atoms with Crippen LogP contribution < -0.4 is 9.47 Å². The van der Waals surface area contributed by atoms with Crippen molar-refractivity contribution in [2.45, 2.75) is 0 Å². The van der Waals surface area contributed by atoms with Crippen LogP contribution in [0.4, 0.5) is 0 Å². The molecule has 0 fully saturated rings. The molecule has 1 aromatic heterocycles. The van der Waals surface area contributed by atoms with Gasteiger partial charge in [-0.05, 0) is 24.3 Å². The second kappa shape index (κ2) is 5.21. The average molecular weight is 265 g/mol. The molecule has 0 atom stereocenters. The molecule has 3 nitrogen and oxygen atoms in total. The topological polar surface area (TPSA) is 31.4 Å². The minimum absolute atomic E-state index is 0.757. The van der Waals surface area contributed by atoms with Gasteiger partial charge in [-0.3, -0.25) is 0 Å². The molecule has 0 radical (unpaired) electrons. The zero-order chi connectivity index (χ0) is 13.9. The van der Waals surface area contributed by atoms with E-state index in [1.165, 1.54) is 0 Å². The van der Waals surface area contributed by atoms with Crippen LogP contribution in [-0.2, 0) is 0 Å². The quantitative estimate of drug-likeness (QED) is 0.719. The smallest absolute Gasteiger partial charge is 0.131 e. The highest BCUT2D eigenvalue weighted by atomic mass is 16.5. The minimum atomic E-state index is 0.757. The van der Waals surface area contributed by atoms with E-state index in [0.717, 1.165) is 33.7 Å². The van der Waals surface area contributed by atoms with E-state index < -0.39 is 0 Å². The Labute approximate surface area is 117 Å². The Morgan fingerprint density at radius 3 is 2.50 bits per heavy atom. The number of hydrogen-bond acceptors (Lipinski definition) is 3. The van der Waals surface area contributed by atoms with Gasteiger partial charge in [0.15, 0.2) is 0 Å². The van der Waals surface area contributed by atoms with E-state index in [-0.39, 0.29) is 0 Å². The summed E-state index contributed by atoms with van der Waals surface area (Å²) in [6.45, 7) is 0. The number of rotatable bonds is 3. The maximum Gasteiger partial charge on any atom is 0.131 e. The predicted molar refractivity (Wildman–Crippen MR) is 80.3 cm³/mol. The van der Waals surface area contributed by atoms with E-state index in [4.69, 9.17) is 9.47 Å². The summed E-state index contributed by atoms with van der Waals surface area (Å²) >= 11 is 0. The van der Waals surface area contributed by atoms with Crippen LogP contribution in [-0.4, -0.2) is 19.2 Å². The lowest BCUT2D eigenvalue weighted by molar-refractivity contribution is 0.395. The molecule has 0 spiro atoms. The first-order valence-corrected chi connectivity index (χ1v) is 6.40. The van der Waals surface area contributed by atoms with E-state index in [1.54, 1.807) is 14.2 Å². The molecular formula is C17H15NO2.